The molecule has 0 saturated heterocycles. The summed E-state index contributed by atoms with van der Waals surface area (Å²) in [5.41, 5.74) is 5.40. The van der Waals surface area contributed by atoms with Crippen molar-refractivity contribution in [2.45, 2.75) is 19.7 Å². The van der Waals surface area contributed by atoms with Crippen molar-refractivity contribution >= 4 is 7.05 Å². The molecule has 0 spiro atoms. The maximum absolute atomic E-state index is 8.92. The minimum absolute atomic E-state index is 0.394. The van der Waals surface area contributed by atoms with Crippen molar-refractivity contribution in [1.82, 2.24) is 10.1 Å². The molecule has 0 rings (SSSR count). The number of rotatable bonds is 8. The Labute approximate surface area is 81.6 Å². The molecule has 13 heavy (non-hydrogen) atoms. The van der Waals surface area contributed by atoms with Gasteiger partial charge in [-0.3, -0.25) is 0 Å². The van der Waals surface area contributed by atoms with Crippen LogP contribution in [0.5, 0.6) is 0 Å². The minimum Gasteiger partial charge on any atom is -0.437 e. The third kappa shape index (κ3) is 9.82. The van der Waals surface area contributed by atoms with E-state index in [1.807, 2.05) is 0 Å². The molecule has 4 N–H and O–H groups in total. The van der Waals surface area contributed by atoms with E-state index in [4.69, 9.17) is 10.8 Å². The van der Waals surface area contributed by atoms with E-state index in [1.54, 1.807) is 6.82 Å². The lowest BCUT2D eigenvalue weighted by Crippen LogP contribution is -2.33. The summed E-state index contributed by atoms with van der Waals surface area (Å²) in [6, 6.07) is 0. The number of nitrogens with two attached hydrogens (primary N) is 1. The van der Waals surface area contributed by atoms with Crippen molar-refractivity contribution in [2.24, 2.45) is 5.73 Å². The number of nitrogens with zero attached hydrogens (tertiary/aromatic N) is 1. The molecule has 0 fully saturated rings. The fourth-order valence-corrected chi connectivity index (χ4v) is 1.13. The molecule has 78 valence electrons. The van der Waals surface area contributed by atoms with Crippen molar-refractivity contribution in [1.29, 1.82) is 0 Å². The summed E-state index contributed by atoms with van der Waals surface area (Å²) in [6.45, 7) is 5.48. The Morgan fingerprint density at radius 2 is 2.00 bits per heavy atom. The average molecular weight is 187 g/mol. The summed E-state index contributed by atoms with van der Waals surface area (Å²) in [7, 11) is 1.70. The molecule has 0 aliphatic rings. The SMILES string of the molecule is CB(O)NCCCN(C)CCCN. The van der Waals surface area contributed by atoms with Crippen LogP contribution in [-0.2, 0) is 0 Å². The molecule has 0 aliphatic carbocycles. The molecular formula is C8H22BN3O. The Morgan fingerprint density at radius 3 is 2.54 bits per heavy atom. The summed E-state index contributed by atoms with van der Waals surface area (Å²) in [5, 5.41) is 11.9. The first-order valence-corrected chi connectivity index (χ1v) is 4.97. The van der Waals surface area contributed by atoms with Gasteiger partial charge in [0.2, 0.25) is 0 Å². The van der Waals surface area contributed by atoms with E-state index in [0.717, 1.165) is 39.0 Å². The predicted octanol–water partition coefficient (Wildman–Crippen LogP) is -0.643. The Bertz CT molecular complexity index is 114. The van der Waals surface area contributed by atoms with E-state index in [9.17, 15) is 0 Å². The van der Waals surface area contributed by atoms with Crippen molar-refractivity contribution in [3.05, 3.63) is 0 Å². The molecule has 0 radical (unpaired) electrons. The summed E-state index contributed by atoms with van der Waals surface area (Å²) in [6.07, 6.45) is 2.12. The highest BCUT2D eigenvalue weighted by molar-refractivity contribution is 6.45. The zero-order valence-corrected chi connectivity index (χ0v) is 8.79. The van der Waals surface area contributed by atoms with Crippen LogP contribution in [0.2, 0.25) is 6.82 Å². The largest absolute Gasteiger partial charge is 0.437 e. The predicted molar refractivity (Wildman–Crippen MR) is 57.6 cm³/mol. The van der Waals surface area contributed by atoms with E-state index < -0.39 is 7.05 Å². The second-order valence-corrected chi connectivity index (χ2v) is 3.43. The van der Waals surface area contributed by atoms with Gasteiger partial charge in [0.15, 0.2) is 0 Å². The molecule has 0 aromatic heterocycles. The van der Waals surface area contributed by atoms with Crippen LogP contribution >= 0.6 is 0 Å². The van der Waals surface area contributed by atoms with Crippen LogP contribution in [0.1, 0.15) is 12.8 Å². The highest BCUT2D eigenvalue weighted by Crippen LogP contribution is 1.88. The highest BCUT2D eigenvalue weighted by Gasteiger charge is 2.01. The zero-order chi connectivity index (χ0) is 10.1. The first kappa shape index (κ1) is 12.9. The van der Waals surface area contributed by atoms with Crippen LogP contribution in [-0.4, -0.2) is 50.2 Å². The monoisotopic (exact) mass is 187 g/mol. The van der Waals surface area contributed by atoms with Crippen LogP contribution in [0.4, 0.5) is 0 Å². The second-order valence-electron chi connectivity index (χ2n) is 3.43. The van der Waals surface area contributed by atoms with Crippen LogP contribution in [0.3, 0.4) is 0 Å². The van der Waals surface area contributed by atoms with Crippen LogP contribution < -0.4 is 11.0 Å². The van der Waals surface area contributed by atoms with Gasteiger partial charge in [0.25, 0.3) is 0 Å². The smallest absolute Gasteiger partial charge is 0.373 e. The number of hydrogen-bond donors (Lipinski definition) is 3. The summed E-state index contributed by atoms with van der Waals surface area (Å²) in [5.74, 6) is 0. The molecule has 5 heteroatoms. The molecule has 0 bridgehead atoms. The quantitative estimate of drug-likeness (QED) is 0.349. The Kier molecular flexibility index (Phi) is 8.44. The van der Waals surface area contributed by atoms with E-state index in [2.05, 4.69) is 17.2 Å². The van der Waals surface area contributed by atoms with Crippen molar-refractivity contribution in [3.63, 3.8) is 0 Å². The Hall–Kier alpha value is -0.0951. The standard InChI is InChI=1S/C8H22BN3O/c1-9(13)11-6-4-8-12(2)7-3-5-10/h11,13H,3-8,10H2,1-2H3. The van der Waals surface area contributed by atoms with Gasteiger partial charge in [-0.2, -0.15) is 0 Å². The molecular weight excluding hydrogens is 165 g/mol. The summed E-state index contributed by atoms with van der Waals surface area (Å²) >= 11 is 0. The summed E-state index contributed by atoms with van der Waals surface area (Å²) in [4.78, 5) is 2.26. The first-order valence-electron chi connectivity index (χ1n) is 4.97. The lowest BCUT2D eigenvalue weighted by molar-refractivity contribution is 0.326. The van der Waals surface area contributed by atoms with Gasteiger partial charge >= 0.3 is 7.05 Å². The molecule has 0 saturated carbocycles. The normalized spacial score (nSPS) is 10.8. The van der Waals surface area contributed by atoms with Gasteiger partial charge in [-0.25, -0.2) is 0 Å². The zero-order valence-electron chi connectivity index (χ0n) is 8.79. The van der Waals surface area contributed by atoms with Gasteiger partial charge in [-0.05, 0) is 52.9 Å². The Balaban J connectivity index is 3.12. The fraction of sp³-hybridized carbons (Fsp3) is 1.00. The first-order chi connectivity index (χ1) is 6.16. The average Bonchev–Trinajstić information content (AvgIpc) is 2.08. The maximum atomic E-state index is 8.92. The van der Waals surface area contributed by atoms with Crippen LogP contribution in [0.15, 0.2) is 0 Å². The lowest BCUT2D eigenvalue weighted by atomic mass is 9.89. The van der Waals surface area contributed by atoms with Crippen molar-refractivity contribution < 1.29 is 5.02 Å². The molecule has 4 nitrogen and oxygen atoms in total. The van der Waals surface area contributed by atoms with Crippen molar-refractivity contribution in [2.75, 3.05) is 33.2 Å². The van der Waals surface area contributed by atoms with Gasteiger partial charge in [0, 0.05) is 0 Å². The van der Waals surface area contributed by atoms with Gasteiger partial charge < -0.3 is 20.9 Å². The highest BCUT2D eigenvalue weighted by atomic mass is 16.2. The van der Waals surface area contributed by atoms with Gasteiger partial charge in [-0.15, -0.1) is 0 Å². The summed E-state index contributed by atoms with van der Waals surface area (Å²) < 4.78 is 0. The van der Waals surface area contributed by atoms with Gasteiger partial charge in [-0.1, -0.05) is 0 Å². The number of nitrogens with one attached hydrogen (secondary N) is 1. The molecule has 0 aromatic carbocycles. The topological polar surface area (TPSA) is 61.5 Å². The molecule has 0 aromatic rings. The van der Waals surface area contributed by atoms with E-state index in [0.29, 0.717) is 0 Å². The molecule has 0 amide bonds. The molecule has 0 aliphatic heterocycles. The second kappa shape index (κ2) is 8.50. The number of hydrogen-bond acceptors (Lipinski definition) is 4. The maximum Gasteiger partial charge on any atom is 0.373 e. The fourth-order valence-electron chi connectivity index (χ4n) is 1.13. The third-order valence-corrected chi connectivity index (χ3v) is 1.90. The van der Waals surface area contributed by atoms with Gasteiger partial charge in [0.05, 0.1) is 0 Å². The molecule has 0 atom stereocenters. The van der Waals surface area contributed by atoms with Crippen LogP contribution in [0.25, 0.3) is 0 Å². The molecule has 0 unspecified atom stereocenters. The van der Waals surface area contributed by atoms with E-state index in [-0.39, 0.29) is 0 Å². The van der Waals surface area contributed by atoms with E-state index in [1.165, 1.54) is 0 Å². The molecule has 0 heterocycles. The van der Waals surface area contributed by atoms with Crippen LogP contribution in [0, 0.1) is 0 Å². The van der Waals surface area contributed by atoms with Crippen molar-refractivity contribution in [3.8, 4) is 0 Å². The van der Waals surface area contributed by atoms with E-state index >= 15 is 0 Å². The Morgan fingerprint density at radius 1 is 1.38 bits per heavy atom. The minimum atomic E-state index is -0.394. The third-order valence-electron chi connectivity index (χ3n) is 1.90. The van der Waals surface area contributed by atoms with Gasteiger partial charge in [0.1, 0.15) is 0 Å². The lowest BCUT2D eigenvalue weighted by Gasteiger charge is -2.15.